The molecule has 158 valence electrons. The topological polar surface area (TPSA) is 103 Å². The van der Waals surface area contributed by atoms with Crippen LogP contribution in [0.25, 0.3) is 0 Å². The SMILES string of the molecule is CC(=O)Nc1ccc(NC(=O)CN2CCCC(C(=O)Nc3ccc(Br)cn3)C2)cc1. The highest BCUT2D eigenvalue weighted by molar-refractivity contribution is 9.10. The lowest BCUT2D eigenvalue weighted by molar-refractivity contribution is -0.123. The molecule has 1 aliphatic heterocycles. The van der Waals surface area contributed by atoms with E-state index in [1.807, 2.05) is 11.0 Å². The molecule has 30 heavy (non-hydrogen) atoms. The van der Waals surface area contributed by atoms with Gasteiger partial charge >= 0.3 is 0 Å². The predicted octanol–water partition coefficient (Wildman–Crippen LogP) is 3.09. The molecule has 1 saturated heterocycles. The van der Waals surface area contributed by atoms with Gasteiger partial charge in [0.1, 0.15) is 5.82 Å². The highest BCUT2D eigenvalue weighted by Crippen LogP contribution is 2.19. The molecule has 0 radical (unpaired) electrons. The fourth-order valence-electron chi connectivity index (χ4n) is 3.33. The van der Waals surface area contributed by atoms with E-state index >= 15 is 0 Å². The van der Waals surface area contributed by atoms with Crippen molar-refractivity contribution in [1.82, 2.24) is 9.88 Å². The Morgan fingerprint density at radius 3 is 2.40 bits per heavy atom. The second-order valence-electron chi connectivity index (χ2n) is 7.23. The van der Waals surface area contributed by atoms with Gasteiger partial charge in [-0.2, -0.15) is 0 Å². The molecule has 1 unspecified atom stereocenters. The number of carbonyl (C=O) groups is 3. The molecule has 3 N–H and O–H groups in total. The van der Waals surface area contributed by atoms with Crippen LogP contribution in [0.5, 0.6) is 0 Å². The van der Waals surface area contributed by atoms with Gasteiger partial charge in [-0.3, -0.25) is 19.3 Å². The third-order valence-corrected chi connectivity index (χ3v) is 5.18. The van der Waals surface area contributed by atoms with Gasteiger partial charge in [0.05, 0.1) is 12.5 Å². The summed E-state index contributed by atoms with van der Waals surface area (Å²) in [4.78, 5) is 42.2. The molecule has 0 aliphatic carbocycles. The van der Waals surface area contributed by atoms with E-state index in [1.54, 1.807) is 36.5 Å². The number of hydrogen-bond acceptors (Lipinski definition) is 5. The van der Waals surface area contributed by atoms with Crippen LogP contribution in [0.3, 0.4) is 0 Å². The van der Waals surface area contributed by atoms with Crippen molar-refractivity contribution in [2.75, 3.05) is 35.6 Å². The first-order valence-electron chi connectivity index (χ1n) is 9.71. The lowest BCUT2D eigenvalue weighted by atomic mass is 9.97. The van der Waals surface area contributed by atoms with Crippen LogP contribution in [-0.4, -0.2) is 47.2 Å². The molecular formula is C21H24BrN5O3. The molecule has 1 aliphatic rings. The predicted molar refractivity (Wildman–Crippen MR) is 119 cm³/mol. The molecule has 0 saturated carbocycles. The normalized spacial score (nSPS) is 16.5. The van der Waals surface area contributed by atoms with Gasteiger partial charge in [0.2, 0.25) is 17.7 Å². The van der Waals surface area contributed by atoms with Crippen molar-refractivity contribution in [1.29, 1.82) is 0 Å². The van der Waals surface area contributed by atoms with Gasteiger partial charge in [-0.25, -0.2) is 4.98 Å². The van der Waals surface area contributed by atoms with Crippen LogP contribution >= 0.6 is 15.9 Å². The molecule has 1 atom stereocenters. The molecule has 9 heteroatoms. The zero-order chi connectivity index (χ0) is 21.5. The van der Waals surface area contributed by atoms with Crippen molar-refractivity contribution >= 4 is 50.8 Å². The summed E-state index contributed by atoms with van der Waals surface area (Å²) in [6.07, 6.45) is 3.27. The van der Waals surface area contributed by atoms with Crippen LogP contribution in [0.2, 0.25) is 0 Å². The Labute approximate surface area is 183 Å². The number of likely N-dealkylation sites (tertiary alicyclic amines) is 1. The standard InChI is InChI=1S/C21H24BrN5O3/c1-14(28)24-17-5-7-18(8-6-17)25-20(29)13-27-10-2-3-15(12-27)21(30)26-19-9-4-16(22)11-23-19/h4-9,11,15H,2-3,10,12-13H2,1H3,(H,24,28)(H,25,29)(H,23,26,30). The second kappa shape index (κ2) is 10.3. The summed E-state index contributed by atoms with van der Waals surface area (Å²) in [6.45, 7) is 2.96. The average Bonchev–Trinajstić information content (AvgIpc) is 2.71. The Morgan fingerprint density at radius 1 is 1.07 bits per heavy atom. The monoisotopic (exact) mass is 473 g/mol. The van der Waals surface area contributed by atoms with Gasteiger partial charge in [0.15, 0.2) is 0 Å². The quantitative estimate of drug-likeness (QED) is 0.597. The van der Waals surface area contributed by atoms with E-state index in [9.17, 15) is 14.4 Å². The van der Waals surface area contributed by atoms with Gasteiger partial charge < -0.3 is 16.0 Å². The molecular weight excluding hydrogens is 450 g/mol. The van der Waals surface area contributed by atoms with Gasteiger partial charge in [0.25, 0.3) is 0 Å². The number of carbonyl (C=O) groups excluding carboxylic acids is 3. The van der Waals surface area contributed by atoms with Gasteiger partial charge in [-0.15, -0.1) is 0 Å². The molecule has 2 aromatic rings. The maximum absolute atomic E-state index is 12.6. The summed E-state index contributed by atoms with van der Waals surface area (Å²) in [5.41, 5.74) is 1.33. The third-order valence-electron chi connectivity index (χ3n) is 4.71. The minimum absolute atomic E-state index is 0.0801. The Balaban J connectivity index is 1.49. The van der Waals surface area contributed by atoms with Crippen LogP contribution in [0.1, 0.15) is 19.8 Å². The molecule has 0 bridgehead atoms. The fraction of sp³-hybridized carbons (Fsp3) is 0.333. The van der Waals surface area contributed by atoms with Gasteiger partial charge in [-0.1, -0.05) is 0 Å². The van der Waals surface area contributed by atoms with E-state index in [1.165, 1.54) is 6.92 Å². The van der Waals surface area contributed by atoms with E-state index < -0.39 is 0 Å². The number of hydrogen-bond donors (Lipinski definition) is 3. The summed E-state index contributed by atoms with van der Waals surface area (Å²) in [7, 11) is 0. The maximum atomic E-state index is 12.6. The number of benzene rings is 1. The van der Waals surface area contributed by atoms with E-state index in [0.717, 1.165) is 23.9 Å². The van der Waals surface area contributed by atoms with E-state index in [2.05, 4.69) is 36.9 Å². The maximum Gasteiger partial charge on any atom is 0.238 e. The van der Waals surface area contributed by atoms with Crippen molar-refractivity contribution in [3.63, 3.8) is 0 Å². The molecule has 3 amide bonds. The number of rotatable bonds is 6. The summed E-state index contributed by atoms with van der Waals surface area (Å²) in [6, 6.07) is 10.5. The lowest BCUT2D eigenvalue weighted by Gasteiger charge is -2.31. The summed E-state index contributed by atoms with van der Waals surface area (Å²) < 4.78 is 0.847. The van der Waals surface area contributed by atoms with Crippen LogP contribution < -0.4 is 16.0 Å². The number of aromatic nitrogens is 1. The molecule has 0 spiro atoms. The molecule has 3 rings (SSSR count). The molecule has 8 nitrogen and oxygen atoms in total. The number of amides is 3. The molecule has 1 fully saturated rings. The number of piperidine rings is 1. The number of pyridine rings is 1. The Kier molecular flexibility index (Phi) is 7.53. The fourth-order valence-corrected chi connectivity index (χ4v) is 3.57. The second-order valence-corrected chi connectivity index (χ2v) is 8.15. The smallest absolute Gasteiger partial charge is 0.238 e. The van der Waals surface area contributed by atoms with E-state index in [4.69, 9.17) is 0 Å². The zero-order valence-corrected chi connectivity index (χ0v) is 18.2. The number of halogens is 1. The zero-order valence-electron chi connectivity index (χ0n) is 16.7. The van der Waals surface area contributed by atoms with Crippen LogP contribution in [-0.2, 0) is 14.4 Å². The lowest BCUT2D eigenvalue weighted by Crippen LogP contribution is -2.44. The van der Waals surface area contributed by atoms with Crippen LogP contribution in [0.4, 0.5) is 17.2 Å². The van der Waals surface area contributed by atoms with E-state index in [0.29, 0.717) is 23.7 Å². The number of nitrogens with zero attached hydrogens (tertiary/aromatic N) is 2. The van der Waals surface area contributed by atoms with Crippen LogP contribution in [0.15, 0.2) is 47.1 Å². The third kappa shape index (κ3) is 6.64. The van der Waals surface area contributed by atoms with Gasteiger partial charge in [0, 0.05) is 35.5 Å². The molecule has 2 heterocycles. The summed E-state index contributed by atoms with van der Waals surface area (Å²) in [5.74, 6) is -0.0393. The van der Waals surface area contributed by atoms with Crippen molar-refractivity contribution < 1.29 is 14.4 Å². The largest absolute Gasteiger partial charge is 0.326 e. The average molecular weight is 474 g/mol. The van der Waals surface area contributed by atoms with E-state index in [-0.39, 0.29) is 30.2 Å². The Hall–Kier alpha value is -2.78. The minimum Gasteiger partial charge on any atom is -0.326 e. The number of anilines is 3. The highest BCUT2D eigenvalue weighted by Gasteiger charge is 2.27. The number of nitrogens with one attached hydrogen (secondary N) is 3. The minimum atomic E-state index is -0.186. The van der Waals surface area contributed by atoms with Gasteiger partial charge in [-0.05, 0) is 71.7 Å². The summed E-state index contributed by atoms with van der Waals surface area (Å²) >= 11 is 3.32. The van der Waals surface area contributed by atoms with Crippen molar-refractivity contribution in [2.24, 2.45) is 5.92 Å². The summed E-state index contributed by atoms with van der Waals surface area (Å²) in [5, 5.41) is 8.38. The van der Waals surface area contributed by atoms with Crippen molar-refractivity contribution in [2.45, 2.75) is 19.8 Å². The first-order valence-corrected chi connectivity index (χ1v) is 10.5. The first-order chi connectivity index (χ1) is 14.4. The molecule has 1 aromatic heterocycles. The van der Waals surface area contributed by atoms with Crippen molar-refractivity contribution in [3.05, 3.63) is 47.1 Å². The van der Waals surface area contributed by atoms with Crippen LogP contribution in [0, 0.1) is 5.92 Å². The molecule has 1 aromatic carbocycles. The Morgan fingerprint density at radius 2 is 1.77 bits per heavy atom. The Bertz CT molecular complexity index is 902. The highest BCUT2D eigenvalue weighted by atomic mass is 79.9. The first kappa shape index (κ1) is 21.9. The van der Waals surface area contributed by atoms with Crippen molar-refractivity contribution in [3.8, 4) is 0 Å².